The summed E-state index contributed by atoms with van der Waals surface area (Å²) in [7, 11) is 0. The zero-order chi connectivity index (χ0) is 21.4. The van der Waals surface area contributed by atoms with Gasteiger partial charge in [-0.25, -0.2) is 4.90 Å². The second-order valence-electron chi connectivity index (χ2n) is 7.01. The van der Waals surface area contributed by atoms with Crippen molar-refractivity contribution in [3.05, 3.63) is 98.4 Å². The van der Waals surface area contributed by atoms with E-state index in [0.717, 1.165) is 16.0 Å². The molecule has 0 fully saturated rings. The van der Waals surface area contributed by atoms with Crippen molar-refractivity contribution in [2.24, 2.45) is 0 Å². The molecule has 3 nitrogen and oxygen atoms in total. The van der Waals surface area contributed by atoms with Crippen LogP contribution in [0.3, 0.4) is 0 Å². The summed E-state index contributed by atoms with van der Waals surface area (Å²) < 4.78 is 0. The summed E-state index contributed by atoms with van der Waals surface area (Å²) >= 11 is 13.5. The van der Waals surface area contributed by atoms with Gasteiger partial charge in [-0.3, -0.25) is 9.59 Å². The van der Waals surface area contributed by atoms with Crippen molar-refractivity contribution in [1.82, 2.24) is 0 Å². The highest BCUT2D eigenvalue weighted by atomic mass is 35.5. The predicted octanol–water partition coefficient (Wildman–Crippen LogP) is 6.69. The molecule has 0 unspecified atom stereocenters. The molecule has 0 aliphatic carbocycles. The van der Waals surface area contributed by atoms with E-state index in [0.29, 0.717) is 31.8 Å². The highest BCUT2D eigenvalue weighted by molar-refractivity contribution is 8.04. The van der Waals surface area contributed by atoms with E-state index in [9.17, 15) is 9.59 Å². The molecule has 0 bridgehead atoms. The standard InChI is InChI=1S/C24H17Cl2NO2S/c1-14-3-6-16(7-4-14)21-22(30-19-11-8-17(25)9-12-19)24(29)27(23(21)28)18-10-5-15(2)20(26)13-18/h3-13H,1-2H3. The number of benzene rings is 3. The van der Waals surface area contributed by atoms with Gasteiger partial charge in [0, 0.05) is 14.9 Å². The number of imide groups is 1. The van der Waals surface area contributed by atoms with Crippen LogP contribution >= 0.6 is 35.0 Å². The van der Waals surface area contributed by atoms with Gasteiger partial charge in [0.25, 0.3) is 11.8 Å². The van der Waals surface area contributed by atoms with Gasteiger partial charge in [0.05, 0.1) is 16.2 Å². The largest absolute Gasteiger partial charge is 0.272 e. The van der Waals surface area contributed by atoms with Gasteiger partial charge in [0.1, 0.15) is 0 Å². The summed E-state index contributed by atoms with van der Waals surface area (Å²) in [5.74, 6) is -0.726. The lowest BCUT2D eigenvalue weighted by Crippen LogP contribution is -2.31. The number of nitrogens with zero attached hydrogens (tertiary/aromatic N) is 1. The number of halogens is 2. The highest BCUT2D eigenvalue weighted by Crippen LogP contribution is 2.42. The number of hydrogen-bond donors (Lipinski definition) is 0. The topological polar surface area (TPSA) is 37.4 Å². The van der Waals surface area contributed by atoms with E-state index in [4.69, 9.17) is 23.2 Å². The smallest absolute Gasteiger partial charge is 0.268 e. The normalized spacial score (nSPS) is 14.1. The molecule has 4 rings (SSSR count). The third-order valence-corrected chi connectivity index (χ3v) is 6.58. The molecule has 1 aliphatic heterocycles. The summed E-state index contributed by atoms with van der Waals surface area (Å²) in [5.41, 5.74) is 3.50. The molecule has 1 heterocycles. The lowest BCUT2D eigenvalue weighted by Gasteiger charge is -2.16. The van der Waals surface area contributed by atoms with Gasteiger partial charge in [-0.05, 0) is 61.4 Å². The molecular formula is C24H17Cl2NO2S. The monoisotopic (exact) mass is 453 g/mol. The molecule has 6 heteroatoms. The maximum Gasteiger partial charge on any atom is 0.272 e. The van der Waals surface area contributed by atoms with E-state index in [1.165, 1.54) is 16.7 Å². The number of rotatable bonds is 4. The number of carbonyl (C=O) groups excluding carboxylic acids is 2. The van der Waals surface area contributed by atoms with E-state index in [2.05, 4.69) is 0 Å². The Labute approximate surface area is 189 Å². The Morgan fingerprint density at radius 2 is 1.47 bits per heavy atom. The number of carbonyl (C=O) groups is 2. The molecule has 3 aromatic rings. The van der Waals surface area contributed by atoms with Gasteiger partial charge in [-0.1, -0.05) is 70.9 Å². The SMILES string of the molecule is Cc1ccc(C2=C(Sc3ccc(Cl)cc3)C(=O)N(c3ccc(C)c(Cl)c3)C2=O)cc1. The Morgan fingerprint density at radius 1 is 0.800 bits per heavy atom. The van der Waals surface area contributed by atoms with Gasteiger partial charge in [-0.15, -0.1) is 0 Å². The van der Waals surface area contributed by atoms with Crippen LogP contribution in [0.5, 0.6) is 0 Å². The van der Waals surface area contributed by atoms with E-state index in [-0.39, 0.29) is 11.8 Å². The maximum atomic E-state index is 13.4. The van der Waals surface area contributed by atoms with Gasteiger partial charge in [-0.2, -0.15) is 0 Å². The second-order valence-corrected chi connectivity index (χ2v) is 8.93. The fourth-order valence-corrected chi connectivity index (χ4v) is 4.45. The first-order chi connectivity index (χ1) is 14.3. The molecule has 150 valence electrons. The second kappa shape index (κ2) is 8.31. The van der Waals surface area contributed by atoms with Gasteiger partial charge in [0.2, 0.25) is 0 Å². The van der Waals surface area contributed by atoms with Crippen molar-refractivity contribution < 1.29 is 9.59 Å². The Morgan fingerprint density at radius 3 is 2.10 bits per heavy atom. The van der Waals surface area contributed by atoms with Gasteiger partial charge >= 0.3 is 0 Å². The summed E-state index contributed by atoms with van der Waals surface area (Å²) in [6.45, 7) is 3.85. The van der Waals surface area contributed by atoms with E-state index in [1.807, 2.05) is 50.2 Å². The van der Waals surface area contributed by atoms with E-state index in [1.54, 1.807) is 30.3 Å². The average molecular weight is 454 g/mol. The first-order valence-corrected chi connectivity index (χ1v) is 10.8. The van der Waals surface area contributed by atoms with Crippen LogP contribution in [0.15, 0.2) is 76.5 Å². The first-order valence-electron chi connectivity index (χ1n) is 9.25. The zero-order valence-electron chi connectivity index (χ0n) is 16.3. The number of anilines is 1. The van der Waals surface area contributed by atoms with Crippen molar-refractivity contribution in [1.29, 1.82) is 0 Å². The van der Waals surface area contributed by atoms with Crippen LogP contribution in [0.4, 0.5) is 5.69 Å². The summed E-state index contributed by atoms with van der Waals surface area (Å²) in [6, 6.07) is 19.9. The maximum absolute atomic E-state index is 13.4. The third kappa shape index (κ3) is 3.91. The molecular weight excluding hydrogens is 437 g/mol. The van der Waals surface area contributed by atoms with Crippen molar-refractivity contribution in [2.75, 3.05) is 4.90 Å². The zero-order valence-corrected chi connectivity index (χ0v) is 18.6. The molecule has 0 aromatic heterocycles. The number of aryl methyl sites for hydroxylation is 2. The van der Waals surface area contributed by atoms with E-state index >= 15 is 0 Å². The van der Waals surface area contributed by atoms with Crippen LogP contribution in [0.2, 0.25) is 10.0 Å². The lowest BCUT2D eigenvalue weighted by atomic mass is 10.0. The van der Waals surface area contributed by atoms with Crippen molar-refractivity contribution in [3.63, 3.8) is 0 Å². The fourth-order valence-electron chi connectivity index (χ4n) is 3.15. The van der Waals surface area contributed by atoms with Gasteiger partial charge < -0.3 is 0 Å². The van der Waals surface area contributed by atoms with Crippen molar-refractivity contribution in [2.45, 2.75) is 18.7 Å². The molecule has 1 aliphatic rings. The molecule has 2 amide bonds. The lowest BCUT2D eigenvalue weighted by molar-refractivity contribution is -0.119. The summed E-state index contributed by atoms with van der Waals surface area (Å²) in [6.07, 6.45) is 0. The molecule has 0 atom stereocenters. The van der Waals surface area contributed by atoms with Crippen LogP contribution in [0.1, 0.15) is 16.7 Å². The minimum absolute atomic E-state index is 0.361. The average Bonchev–Trinajstić information content (AvgIpc) is 2.96. The number of thioether (sulfide) groups is 1. The van der Waals surface area contributed by atoms with Crippen molar-refractivity contribution >= 4 is 58.0 Å². The molecule has 0 radical (unpaired) electrons. The predicted molar refractivity (Wildman–Crippen MR) is 124 cm³/mol. The Hall–Kier alpha value is -2.53. The van der Waals surface area contributed by atoms with Crippen LogP contribution < -0.4 is 4.90 Å². The number of hydrogen-bond acceptors (Lipinski definition) is 3. The Bertz CT molecular complexity index is 1180. The van der Waals surface area contributed by atoms with Crippen molar-refractivity contribution in [3.8, 4) is 0 Å². The van der Waals surface area contributed by atoms with Crippen LogP contribution in [-0.4, -0.2) is 11.8 Å². The first kappa shape index (κ1) is 20.7. The van der Waals surface area contributed by atoms with Crippen LogP contribution in [0.25, 0.3) is 5.57 Å². The summed E-state index contributed by atoms with van der Waals surface area (Å²) in [5, 5.41) is 1.11. The van der Waals surface area contributed by atoms with Crippen LogP contribution in [0, 0.1) is 13.8 Å². The quantitative estimate of drug-likeness (QED) is 0.413. The van der Waals surface area contributed by atoms with Crippen LogP contribution in [-0.2, 0) is 9.59 Å². The van der Waals surface area contributed by atoms with E-state index < -0.39 is 0 Å². The minimum atomic E-state index is -0.365. The Kier molecular flexibility index (Phi) is 5.74. The Balaban J connectivity index is 1.82. The molecule has 30 heavy (non-hydrogen) atoms. The molecule has 0 saturated carbocycles. The molecule has 0 saturated heterocycles. The minimum Gasteiger partial charge on any atom is -0.268 e. The third-order valence-electron chi connectivity index (χ3n) is 4.83. The highest BCUT2D eigenvalue weighted by Gasteiger charge is 2.40. The molecule has 0 spiro atoms. The fraction of sp³-hybridized carbons (Fsp3) is 0.0833. The summed E-state index contributed by atoms with van der Waals surface area (Å²) in [4.78, 5) is 29.2. The number of amides is 2. The molecule has 0 N–H and O–H groups in total. The molecule has 3 aromatic carbocycles. The van der Waals surface area contributed by atoms with Gasteiger partial charge in [0.15, 0.2) is 0 Å².